The molecule has 29 heavy (non-hydrogen) atoms. The maximum atomic E-state index is 12.9. The van der Waals surface area contributed by atoms with Crippen molar-refractivity contribution in [2.75, 3.05) is 6.61 Å². The maximum absolute atomic E-state index is 12.9. The van der Waals surface area contributed by atoms with E-state index < -0.39 is 35.5 Å². The van der Waals surface area contributed by atoms with E-state index >= 15 is 0 Å². The van der Waals surface area contributed by atoms with Gasteiger partial charge in [-0.05, 0) is 67.6 Å². The zero-order chi connectivity index (χ0) is 21.2. The fraction of sp³-hybridized carbons (Fsp3) is 0.870. The third kappa shape index (κ3) is 2.93. The first-order valence-electron chi connectivity index (χ1n) is 11.1. The molecule has 6 nitrogen and oxygen atoms in total. The van der Waals surface area contributed by atoms with E-state index in [-0.39, 0.29) is 23.2 Å². The Kier molecular flexibility index (Phi) is 4.97. The number of ether oxygens (including phenoxy) is 1. The summed E-state index contributed by atoms with van der Waals surface area (Å²) in [5.41, 5.74) is -2.35. The number of fused-ring (bicyclic) bond motifs is 5. The lowest BCUT2D eigenvalue weighted by Crippen LogP contribution is -2.63. The van der Waals surface area contributed by atoms with Gasteiger partial charge in [0, 0.05) is 25.2 Å². The minimum atomic E-state index is -1.57. The minimum Gasteiger partial charge on any atom is -0.458 e. The smallest absolute Gasteiger partial charge is 0.303 e. The molecular formula is C23H34O6. The lowest BCUT2D eigenvalue weighted by molar-refractivity contribution is -0.199. The molecule has 4 saturated carbocycles. The molecule has 0 aromatic carbocycles. The summed E-state index contributed by atoms with van der Waals surface area (Å²) >= 11 is 0. The molecule has 0 radical (unpaired) electrons. The molecule has 0 aromatic rings. The fourth-order valence-corrected chi connectivity index (χ4v) is 7.92. The Morgan fingerprint density at radius 3 is 2.59 bits per heavy atom. The van der Waals surface area contributed by atoms with Crippen molar-refractivity contribution in [2.45, 2.75) is 83.8 Å². The van der Waals surface area contributed by atoms with Gasteiger partial charge in [-0.1, -0.05) is 13.8 Å². The van der Waals surface area contributed by atoms with Crippen LogP contribution >= 0.6 is 0 Å². The average molecular weight is 407 g/mol. The second kappa shape index (κ2) is 6.88. The predicted molar refractivity (Wildman–Crippen MR) is 105 cm³/mol. The van der Waals surface area contributed by atoms with Gasteiger partial charge in [-0.15, -0.1) is 0 Å². The molecule has 8 atom stereocenters. The van der Waals surface area contributed by atoms with Gasteiger partial charge >= 0.3 is 5.97 Å². The molecule has 0 aliphatic heterocycles. The molecule has 6 heteroatoms. The number of hydrogen-bond donors (Lipinski definition) is 2. The zero-order valence-corrected chi connectivity index (χ0v) is 17.8. The molecule has 0 spiro atoms. The number of carbonyl (C=O) groups is 3. The highest BCUT2D eigenvalue weighted by atomic mass is 16.5. The van der Waals surface area contributed by atoms with Crippen LogP contribution in [0.1, 0.15) is 72.1 Å². The highest BCUT2D eigenvalue weighted by Crippen LogP contribution is 2.68. The van der Waals surface area contributed by atoms with Crippen molar-refractivity contribution in [3.63, 3.8) is 0 Å². The SMILES string of the molecule is CC(=O)OCC(=O)[C@@]1(O)CC[C@@H]2[C@@H]3CC[C@@H]4CC(=O)CC[C@]4(C)[C@@H]3[C@@H](O)C[C@@]21C. The fourth-order valence-electron chi connectivity index (χ4n) is 7.92. The number of aliphatic hydroxyl groups is 2. The second-order valence-corrected chi connectivity index (χ2v) is 10.6. The molecule has 0 unspecified atom stereocenters. The maximum Gasteiger partial charge on any atom is 0.303 e. The largest absolute Gasteiger partial charge is 0.458 e. The van der Waals surface area contributed by atoms with Crippen molar-refractivity contribution in [2.24, 2.45) is 34.5 Å². The molecule has 0 aromatic heterocycles. The van der Waals surface area contributed by atoms with E-state index in [0.29, 0.717) is 37.4 Å². The van der Waals surface area contributed by atoms with Gasteiger partial charge < -0.3 is 14.9 Å². The van der Waals surface area contributed by atoms with Crippen molar-refractivity contribution in [1.82, 2.24) is 0 Å². The molecule has 4 rings (SSSR count). The monoisotopic (exact) mass is 406 g/mol. The second-order valence-electron chi connectivity index (χ2n) is 10.6. The summed E-state index contributed by atoms with van der Waals surface area (Å²) in [4.78, 5) is 36.1. The molecule has 0 bridgehead atoms. The molecule has 162 valence electrons. The van der Waals surface area contributed by atoms with E-state index in [2.05, 4.69) is 6.92 Å². The molecule has 4 aliphatic rings. The number of rotatable bonds is 3. The normalized spacial score (nSPS) is 49.0. The van der Waals surface area contributed by atoms with Crippen LogP contribution in [0.4, 0.5) is 0 Å². The van der Waals surface area contributed by atoms with Crippen molar-refractivity contribution < 1.29 is 29.3 Å². The third-order valence-electron chi connectivity index (χ3n) is 9.43. The number of ketones is 2. The van der Waals surface area contributed by atoms with Gasteiger partial charge in [0.25, 0.3) is 0 Å². The van der Waals surface area contributed by atoms with Crippen LogP contribution in [-0.4, -0.2) is 46.1 Å². The van der Waals surface area contributed by atoms with Gasteiger partial charge in [0.05, 0.1) is 6.10 Å². The Morgan fingerprint density at radius 2 is 1.90 bits per heavy atom. The van der Waals surface area contributed by atoms with Gasteiger partial charge in [0.2, 0.25) is 5.78 Å². The Hall–Kier alpha value is -1.27. The molecule has 4 fully saturated rings. The summed E-state index contributed by atoms with van der Waals surface area (Å²) in [5, 5.41) is 22.8. The van der Waals surface area contributed by atoms with Crippen LogP contribution < -0.4 is 0 Å². The van der Waals surface area contributed by atoms with Crippen molar-refractivity contribution in [1.29, 1.82) is 0 Å². The summed E-state index contributed by atoms with van der Waals surface area (Å²) in [7, 11) is 0. The number of hydrogen-bond acceptors (Lipinski definition) is 6. The van der Waals surface area contributed by atoms with Crippen LogP contribution in [0.15, 0.2) is 0 Å². The van der Waals surface area contributed by atoms with Crippen molar-refractivity contribution in [3.05, 3.63) is 0 Å². The van der Waals surface area contributed by atoms with Crippen LogP contribution in [0.2, 0.25) is 0 Å². The number of Topliss-reactive ketones (excluding diaryl/α,β-unsaturated/α-hetero) is 2. The van der Waals surface area contributed by atoms with Gasteiger partial charge in [-0.3, -0.25) is 14.4 Å². The summed E-state index contributed by atoms with van der Waals surface area (Å²) in [6.45, 7) is 5.02. The Balaban J connectivity index is 1.63. The van der Waals surface area contributed by atoms with E-state index in [4.69, 9.17) is 4.74 Å². The Labute approximate surface area is 172 Å². The van der Waals surface area contributed by atoms with Crippen LogP contribution in [0.25, 0.3) is 0 Å². The third-order valence-corrected chi connectivity index (χ3v) is 9.43. The van der Waals surface area contributed by atoms with Crippen LogP contribution in [0, 0.1) is 34.5 Å². The first-order chi connectivity index (χ1) is 13.5. The van der Waals surface area contributed by atoms with Crippen molar-refractivity contribution >= 4 is 17.5 Å². The van der Waals surface area contributed by atoms with Crippen LogP contribution in [0.5, 0.6) is 0 Å². The Bertz CT molecular complexity index is 733. The van der Waals surface area contributed by atoms with E-state index in [0.717, 1.165) is 25.7 Å². The number of carbonyl (C=O) groups excluding carboxylic acids is 3. The zero-order valence-electron chi connectivity index (χ0n) is 17.8. The first kappa shape index (κ1) is 21.0. The standard InChI is InChI=1S/C23H34O6/c1-13(24)29-12-19(27)23(28)9-7-17-16-5-4-14-10-15(25)6-8-21(14,2)20(16)18(26)11-22(17,23)3/h14,16-18,20,26,28H,4-12H2,1-3H3/t14-,16+,17-,18+,20+,21+,22+,23+/m1/s1. The van der Waals surface area contributed by atoms with E-state index in [1.54, 1.807) is 0 Å². The molecule has 2 N–H and O–H groups in total. The highest BCUT2D eigenvalue weighted by molar-refractivity contribution is 5.91. The Morgan fingerprint density at radius 1 is 1.17 bits per heavy atom. The quantitative estimate of drug-likeness (QED) is 0.698. The van der Waals surface area contributed by atoms with E-state index in [1.165, 1.54) is 6.92 Å². The van der Waals surface area contributed by atoms with Gasteiger partial charge in [0.1, 0.15) is 11.4 Å². The number of esters is 1. The average Bonchev–Trinajstić information content (AvgIpc) is 2.91. The summed E-state index contributed by atoms with van der Waals surface area (Å²) in [6, 6.07) is 0. The molecular weight excluding hydrogens is 372 g/mol. The van der Waals surface area contributed by atoms with E-state index in [9.17, 15) is 24.6 Å². The van der Waals surface area contributed by atoms with Crippen molar-refractivity contribution in [3.8, 4) is 0 Å². The summed E-state index contributed by atoms with van der Waals surface area (Å²) in [5.74, 6) is 0.182. The molecule has 0 saturated heterocycles. The first-order valence-corrected chi connectivity index (χ1v) is 11.1. The number of aliphatic hydroxyl groups excluding tert-OH is 1. The summed E-state index contributed by atoms with van der Waals surface area (Å²) < 4.78 is 4.89. The highest BCUT2D eigenvalue weighted by Gasteiger charge is 2.68. The lowest BCUT2D eigenvalue weighted by atomic mass is 9.43. The van der Waals surface area contributed by atoms with Gasteiger partial charge in [0.15, 0.2) is 6.61 Å². The molecule has 0 amide bonds. The summed E-state index contributed by atoms with van der Waals surface area (Å²) in [6.07, 6.45) is 4.81. The molecule has 0 heterocycles. The van der Waals surface area contributed by atoms with Crippen LogP contribution in [-0.2, 0) is 19.1 Å². The minimum absolute atomic E-state index is 0.0555. The lowest BCUT2D eigenvalue weighted by Gasteiger charge is -2.62. The van der Waals surface area contributed by atoms with Crippen LogP contribution in [0.3, 0.4) is 0 Å². The topological polar surface area (TPSA) is 101 Å². The van der Waals surface area contributed by atoms with E-state index in [1.807, 2.05) is 6.92 Å². The van der Waals surface area contributed by atoms with Gasteiger partial charge in [-0.25, -0.2) is 0 Å². The molecule has 4 aliphatic carbocycles. The van der Waals surface area contributed by atoms with Gasteiger partial charge in [-0.2, -0.15) is 0 Å². The predicted octanol–water partition coefficient (Wildman–Crippen LogP) is 2.43.